The molecule has 0 aromatic carbocycles. The summed E-state index contributed by atoms with van der Waals surface area (Å²) in [5.41, 5.74) is 0. The number of halogens is 1. The Morgan fingerprint density at radius 2 is 1.72 bits per heavy atom. The lowest BCUT2D eigenvalue weighted by Crippen LogP contribution is -2.57. The second kappa shape index (κ2) is 10.3. The van der Waals surface area contributed by atoms with Crippen LogP contribution in [0.3, 0.4) is 0 Å². The monoisotopic (exact) mass is 463 g/mol. The van der Waals surface area contributed by atoms with Crippen LogP contribution in [0.1, 0.15) is 57.8 Å². The van der Waals surface area contributed by atoms with Crippen LogP contribution in [-0.2, 0) is 0 Å². The smallest absolute Gasteiger partial charge is 0.191 e. The zero-order valence-corrected chi connectivity index (χ0v) is 18.7. The highest BCUT2D eigenvalue weighted by atomic mass is 127. The fraction of sp³-hybridized carbons (Fsp3) is 0.947. The molecule has 2 heterocycles. The number of aliphatic imine (C=N–C) groups is 1. The minimum absolute atomic E-state index is 0. The molecule has 2 aliphatic heterocycles. The number of hydrogen-bond donors (Lipinski definition) is 2. The molecule has 146 valence electrons. The Hall–Kier alpha value is -0.0800. The number of nitrogens with one attached hydrogen (secondary N) is 2. The van der Waals surface area contributed by atoms with Gasteiger partial charge in [0.1, 0.15) is 0 Å². The molecule has 3 rings (SSSR count). The van der Waals surface area contributed by atoms with Gasteiger partial charge in [-0.05, 0) is 52.6 Å². The van der Waals surface area contributed by atoms with Gasteiger partial charge in [0.2, 0.25) is 0 Å². The van der Waals surface area contributed by atoms with Crippen molar-refractivity contribution in [3.8, 4) is 0 Å². The first-order valence-electron chi connectivity index (χ1n) is 10.1. The molecule has 2 bridgehead atoms. The van der Waals surface area contributed by atoms with Crippen LogP contribution in [0, 0.1) is 0 Å². The van der Waals surface area contributed by atoms with E-state index in [9.17, 15) is 0 Å². The number of likely N-dealkylation sites (N-methyl/N-ethyl adjacent to an activating group) is 1. The van der Waals surface area contributed by atoms with Gasteiger partial charge in [-0.2, -0.15) is 0 Å². The summed E-state index contributed by atoms with van der Waals surface area (Å²) in [7, 11) is 6.48. The van der Waals surface area contributed by atoms with E-state index in [1.807, 2.05) is 7.05 Å². The topological polar surface area (TPSA) is 42.9 Å². The Kier molecular flexibility index (Phi) is 8.75. The molecule has 3 aliphatic rings. The van der Waals surface area contributed by atoms with Gasteiger partial charge in [-0.25, -0.2) is 0 Å². The third-order valence-electron chi connectivity index (χ3n) is 6.61. The Morgan fingerprint density at radius 3 is 2.32 bits per heavy atom. The average molecular weight is 463 g/mol. The summed E-state index contributed by atoms with van der Waals surface area (Å²) in [6.45, 7) is 2.08. The summed E-state index contributed by atoms with van der Waals surface area (Å²) in [6.07, 6.45) is 12.2. The van der Waals surface area contributed by atoms with Crippen LogP contribution in [0.4, 0.5) is 0 Å². The summed E-state index contributed by atoms with van der Waals surface area (Å²) in [4.78, 5) is 9.59. The molecule has 0 spiro atoms. The molecule has 5 nitrogen and oxygen atoms in total. The van der Waals surface area contributed by atoms with E-state index in [1.54, 1.807) is 0 Å². The molecule has 0 radical (unpaired) electrons. The maximum absolute atomic E-state index is 4.45. The van der Waals surface area contributed by atoms with Crippen LogP contribution in [0.5, 0.6) is 0 Å². The van der Waals surface area contributed by atoms with Crippen LogP contribution >= 0.6 is 24.0 Å². The van der Waals surface area contributed by atoms with E-state index in [0.29, 0.717) is 6.04 Å². The quantitative estimate of drug-likeness (QED) is 0.374. The van der Waals surface area contributed by atoms with E-state index in [-0.39, 0.29) is 24.0 Å². The van der Waals surface area contributed by atoms with Gasteiger partial charge in [0, 0.05) is 44.3 Å². The van der Waals surface area contributed by atoms with Crippen LogP contribution in [0.25, 0.3) is 0 Å². The predicted octanol–water partition coefficient (Wildman–Crippen LogP) is 2.66. The molecule has 2 N–H and O–H groups in total. The molecule has 0 amide bonds. The number of nitrogens with zero attached hydrogens (tertiary/aromatic N) is 3. The van der Waals surface area contributed by atoms with Gasteiger partial charge in [0.05, 0.1) is 0 Å². The zero-order valence-electron chi connectivity index (χ0n) is 16.3. The van der Waals surface area contributed by atoms with Crippen molar-refractivity contribution in [1.82, 2.24) is 20.4 Å². The number of fused-ring (bicyclic) bond motifs is 2. The molecular formula is C19H38IN5. The van der Waals surface area contributed by atoms with Gasteiger partial charge in [-0.15, -0.1) is 24.0 Å². The largest absolute Gasteiger partial charge is 0.355 e. The Morgan fingerprint density at radius 1 is 1.08 bits per heavy atom. The summed E-state index contributed by atoms with van der Waals surface area (Å²) < 4.78 is 0. The minimum atomic E-state index is 0. The molecular weight excluding hydrogens is 425 g/mol. The van der Waals surface area contributed by atoms with Crippen molar-refractivity contribution in [2.45, 2.75) is 82.0 Å². The van der Waals surface area contributed by atoms with Crippen LogP contribution < -0.4 is 10.6 Å². The standard InChI is InChI=1S/C19H37N5.HI/c1-20-19(21-11-12-23(2)16-7-4-5-8-16)22-15-13-17-9-6-10-18(14-15)24(17)3;/h15-18H,4-14H2,1-3H3,(H2,20,21,22);1H. The van der Waals surface area contributed by atoms with Gasteiger partial charge >= 0.3 is 0 Å². The molecule has 0 aromatic heterocycles. The van der Waals surface area contributed by atoms with Crippen molar-refractivity contribution in [2.24, 2.45) is 4.99 Å². The summed E-state index contributed by atoms with van der Waals surface area (Å²) in [5, 5.41) is 7.22. The highest BCUT2D eigenvalue weighted by molar-refractivity contribution is 14.0. The summed E-state index contributed by atoms with van der Waals surface area (Å²) in [6, 6.07) is 2.91. The first-order valence-corrected chi connectivity index (χ1v) is 10.1. The van der Waals surface area contributed by atoms with Crippen molar-refractivity contribution in [2.75, 3.05) is 34.2 Å². The molecule has 6 heteroatoms. The maximum Gasteiger partial charge on any atom is 0.191 e. The molecule has 0 aromatic rings. The normalized spacial score (nSPS) is 31.0. The Balaban J connectivity index is 0.00000225. The van der Waals surface area contributed by atoms with Crippen LogP contribution in [0.2, 0.25) is 0 Å². The van der Waals surface area contributed by atoms with Gasteiger partial charge in [-0.1, -0.05) is 19.3 Å². The van der Waals surface area contributed by atoms with Crippen molar-refractivity contribution in [3.63, 3.8) is 0 Å². The fourth-order valence-electron chi connectivity index (χ4n) is 5.00. The third-order valence-corrected chi connectivity index (χ3v) is 6.61. The van der Waals surface area contributed by atoms with E-state index >= 15 is 0 Å². The molecule has 1 aliphatic carbocycles. The molecule has 25 heavy (non-hydrogen) atoms. The second-order valence-corrected chi connectivity index (χ2v) is 8.13. The molecule has 1 saturated carbocycles. The molecule has 2 unspecified atom stereocenters. The predicted molar refractivity (Wildman–Crippen MR) is 117 cm³/mol. The molecule has 2 saturated heterocycles. The lowest BCUT2D eigenvalue weighted by atomic mass is 9.82. The molecule has 2 atom stereocenters. The maximum atomic E-state index is 4.45. The van der Waals surface area contributed by atoms with Gasteiger partial charge in [0.25, 0.3) is 0 Å². The van der Waals surface area contributed by atoms with E-state index in [4.69, 9.17) is 0 Å². The number of hydrogen-bond acceptors (Lipinski definition) is 3. The highest BCUT2D eigenvalue weighted by Crippen LogP contribution is 2.32. The van der Waals surface area contributed by atoms with Crippen molar-refractivity contribution in [1.29, 1.82) is 0 Å². The average Bonchev–Trinajstić information content (AvgIpc) is 3.09. The van der Waals surface area contributed by atoms with Gasteiger partial charge in [0.15, 0.2) is 5.96 Å². The summed E-state index contributed by atoms with van der Waals surface area (Å²) in [5.74, 6) is 0.988. The van der Waals surface area contributed by atoms with E-state index in [2.05, 4.69) is 39.5 Å². The number of guanidine groups is 1. The fourth-order valence-corrected chi connectivity index (χ4v) is 5.00. The third kappa shape index (κ3) is 5.70. The van der Waals surface area contributed by atoms with E-state index < -0.39 is 0 Å². The number of piperidine rings is 2. The van der Waals surface area contributed by atoms with Crippen molar-refractivity contribution >= 4 is 29.9 Å². The number of rotatable bonds is 5. The second-order valence-electron chi connectivity index (χ2n) is 8.13. The van der Waals surface area contributed by atoms with Crippen molar-refractivity contribution in [3.05, 3.63) is 0 Å². The SMILES string of the molecule is CN=C(NCCN(C)C1CCCC1)NC1CC2CCCC(C1)N2C.I. The first kappa shape index (κ1) is 21.2. The van der Waals surface area contributed by atoms with Gasteiger partial charge < -0.3 is 20.4 Å². The van der Waals surface area contributed by atoms with Crippen molar-refractivity contribution < 1.29 is 0 Å². The minimum Gasteiger partial charge on any atom is -0.355 e. The van der Waals surface area contributed by atoms with Crippen LogP contribution in [-0.4, -0.2) is 74.2 Å². The lowest BCUT2D eigenvalue weighted by molar-refractivity contribution is 0.0526. The van der Waals surface area contributed by atoms with Gasteiger partial charge in [-0.3, -0.25) is 4.99 Å². The Labute approximate surface area is 171 Å². The highest BCUT2D eigenvalue weighted by Gasteiger charge is 2.36. The summed E-state index contributed by atoms with van der Waals surface area (Å²) >= 11 is 0. The lowest BCUT2D eigenvalue weighted by Gasteiger charge is -2.47. The van der Waals surface area contributed by atoms with E-state index in [0.717, 1.165) is 37.2 Å². The Bertz CT molecular complexity index is 410. The first-order chi connectivity index (χ1) is 11.7. The van der Waals surface area contributed by atoms with Crippen LogP contribution in [0.15, 0.2) is 4.99 Å². The van der Waals surface area contributed by atoms with E-state index in [1.165, 1.54) is 57.8 Å². The zero-order chi connectivity index (χ0) is 16.9. The molecule has 3 fully saturated rings.